The fourth-order valence-electron chi connectivity index (χ4n) is 12.6. The minimum atomic E-state index is -4.24. The summed E-state index contributed by atoms with van der Waals surface area (Å²) < 4.78 is 34.4. The molecule has 0 spiro atoms. The molecule has 0 aliphatic carbocycles. The predicted molar refractivity (Wildman–Crippen MR) is 378 cm³/mol. The highest BCUT2D eigenvalue weighted by molar-refractivity contribution is 7.91. The maximum absolute atomic E-state index is 15.5. The molecule has 0 bridgehead atoms. The monoisotopic (exact) mass is 1410 g/mol. The average molecular weight is 1410 g/mol. The first-order chi connectivity index (χ1) is 45.3. The van der Waals surface area contributed by atoms with Crippen LogP contribution in [0.1, 0.15) is 169 Å². The van der Waals surface area contributed by atoms with Crippen LogP contribution >= 0.6 is 0 Å². The molecule has 2 aliphatic heterocycles. The lowest BCUT2D eigenvalue weighted by atomic mass is 9.93. The molecule has 5 N–H and O–H groups in total. The quantitative estimate of drug-likeness (QED) is 0.103. The van der Waals surface area contributed by atoms with Crippen LogP contribution in [0.3, 0.4) is 0 Å². The number of morpholine rings is 1. The van der Waals surface area contributed by atoms with E-state index in [9.17, 15) is 32.7 Å². The molecule has 2 fully saturated rings. The molecular formula is C70H126N12O15S. The normalized spacial score (nSPS) is 26.8. The summed E-state index contributed by atoms with van der Waals surface area (Å²) in [6.45, 7) is 31.4. The van der Waals surface area contributed by atoms with Gasteiger partial charge in [0.1, 0.15) is 66.5 Å². The summed E-state index contributed by atoms with van der Waals surface area (Å²) >= 11 is 0. The third-order valence-corrected chi connectivity index (χ3v) is 20.4. The van der Waals surface area contributed by atoms with E-state index >= 15 is 33.6 Å². The number of rotatable bonds is 21. The second kappa shape index (κ2) is 39.7. The van der Waals surface area contributed by atoms with Crippen molar-refractivity contribution in [1.82, 2.24) is 60.5 Å². The number of aliphatic hydroxyl groups is 1. The maximum Gasteiger partial charge on any atom is 0.246 e. The number of ether oxygens (including phenoxy) is 1. The molecule has 98 heavy (non-hydrogen) atoms. The van der Waals surface area contributed by atoms with E-state index in [0.29, 0.717) is 39.3 Å². The van der Waals surface area contributed by atoms with Gasteiger partial charge < -0.3 is 65.4 Å². The molecule has 27 nitrogen and oxygen atoms in total. The smallest absolute Gasteiger partial charge is 0.246 e. The van der Waals surface area contributed by atoms with E-state index in [-0.39, 0.29) is 62.2 Å². The van der Waals surface area contributed by atoms with E-state index in [1.165, 1.54) is 96.6 Å². The summed E-state index contributed by atoms with van der Waals surface area (Å²) in [4.78, 5) is 175. The van der Waals surface area contributed by atoms with Gasteiger partial charge in [0.05, 0.1) is 30.3 Å². The number of nitrogens with zero attached hydrogens (tertiary/aromatic N) is 8. The van der Waals surface area contributed by atoms with Crippen LogP contribution < -0.4 is 21.3 Å². The maximum atomic E-state index is 15.5. The van der Waals surface area contributed by atoms with Gasteiger partial charge in [-0.3, -0.25) is 57.6 Å². The fraction of sp³-hybridized carbons (Fsp3) is 0.814. The van der Waals surface area contributed by atoms with Crippen molar-refractivity contribution in [2.75, 3.05) is 93.7 Å². The molecule has 2 rings (SSSR count). The van der Waals surface area contributed by atoms with E-state index in [2.05, 4.69) is 26.2 Å². The summed E-state index contributed by atoms with van der Waals surface area (Å²) in [6, 6.07) is -14.9. The minimum absolute atomic E-state index is 0.0612. The molecule has 28 heteroatoms. The molecule has 2 heterocycles. The van der Waals surface area contributed by atoms with Gasteiger partial charge in [0.2, 0.25) is 65.0 Å². The van der Waals surface area contributed by atoms with Crippen molar-refractivity contribution in [3.05, 3.63) is 12.2 Å². The first-order valence-electron chi connectivity index (χ1n) is 35.2. The van der Waals surface area contributed by atoms with Crippen LogP contribution in [0.25, 0.3) is 0 Å². The lowest BCUT2D eigenvalue weighted by Gasteiger charge is -2.41. The van der Waals surface area contributed by atoms with Gasteiger partial charge in [0.25, 0.3) is 0 Å². The molecule has 2 saturated heterocycles. The van der Waals surface area contributed by atoms with Crippen LogP contribution in [0, 0.1) is 35.5 Å². The second-order valence-electron chi connectivity index (χ2n) is 30.1. The highest BCUT2D eigenvalue weighted by atomic mass is 32.2. The summed E-state index contributed by atoms with van der Waals surface area (Å²) in [7, 11) is 5.38. The van der Waals surface area contributed by atoms with E-state index in [1.807, 2.05) is 67.5 Å². The largest absolute Gasteiger partial charge is 0.390 e. The van der Waals surface area contributed by atoms with Crippen LogP contribution in [0.4, 0.5) is 0 Å². The van der Waals surface area contributed by atoms with Crippen molar-refractivity contribution < 1.29 is 71.0 Å². The van der Waals surface area contributed by atoms with Gasteiger partial charge in [-0.15, -0.1) is 0 Å². The number of hydrogen-bond donors (Lipinski definition) is 5. The van der Waals surface area contributed by atoms with Gasteiger partial charge in [0.15, 0.2) is 9.84 Å². The first-order valence-corrected chi connectivity index (χ1v) is 37.0. The minimum Gasteiger partial charge on any atom is -0.390 e. The zero-order valence-corrected chi connectivity index (χ0v) is 64.5. The Labute approximate surface area is 586 Å². The summed E-state index contributed by atoms with van der Waals surface area (Å²) in [5, 5.41) is 22.4. The zero-order valence-electron chi connectivity index (χ0n) is 63.7. The van der Waals surface area contributed by atoms with Crippen molar-refractivity contribution in [3.63, 3.8) is 0 Å². The molecule has 562 valence electrons. The van der Waals surface area contributed by atoms with Gasteiger partial charge in [-0.25, -0.2) is 8.42 Å². The van der Waals surface area contributed by atoms with Crippen molar-refractivity contribution in [2.45, 2.75) is 241 Å². The highest BCUT2D eigenvalue weighted by Gasteiger charge is 2.46. The third kappa shape index (κ3) is 26.0. The number of sulfone groups is 1. The van der Waals surface area contributed by atoms with Crippen molar-refractivity contribution >= 4 is 74.8 Å². The molecule has 12 atom stereocenters. The van der Waals surface area contributed by atoms with Gasteiger partial charge in [-0.2, -0.15) is 0 Å². The van der Waals surface area contributed by atoms with Gasteiger partial charge in [0, 0.05) is 68.8 Å². The fourth-order valence-corrected chi connectivity index (χ4v) is 14.2. The molecular weight excluding hydrogens is 1280 g/mol. The number of nitrogens with one attached hydrogen (secondary N) is 4. The van der Waals surface area contributed by atoms with Crippen LogP contribution in [-0.4, -0.2) is 283 Å². The Balaban J connectivity index is 3.14. The highest BCUT2D eigenvalue weighted by Crippen LogP contribution is 2.27. The van der Waals surface area contributed by atoms with Crippen molar-refractivity contribution in [2.24, 2.45) is 35.5 Å². The molecule has 0 saturated carbocycles. The molecule has 0 aromatic rings. The summed E-state index contributed by atoms with van der Waals surface area (Å²) in [5.41, 5.74) is -1.69. The topological polar surface area (TPSA) is 325 Å². The Morgan fingerprint density at radius 1 is 0.520 bits per heavy atom. The number of hydrogen-bond acceptors (Lipinski definition) is 16. The van der Waals surface area contributed by atoms with Gasteiger partial charge in [-0.05, 0) is 122 Å². The molecule has 0 aromatic carbocycles. The number of amides is 11. The van der Waals surface area contributed by atoms with E-state index in [1.54, 1.807) is 34.6 Å². The lowest BCUT2D eigenvalue weighted by molar-refractivity contribution is -0.156. The Bertz CT molecular complexity index is 2840. The molecule has 0 unspecified atom stereocenters. The molecule has 0 aromatic heterocycles. The van der Waals surface area contributed by atoms with Gasteiger partial charge in [-0.1, -0.05) is 95.2 Å². The Morgan fingerprint density at radius 3 is 1.44 bits per heavy atom. The number of carbonyl (C=O) groups excluding carboxylic acids is 11. The van der Waals surface area contributed by atoms with E-state index in [0.717, 1.165) is 14.7 Å². The van der Waals surface area contributed by atoms with E-state index < -0.39 is 177 Å². The van der Waals surface area contributed by atoms with Crippen LogP contribution in [-0.2, 0) is 67.3 Å². The molecule has 11 amide bonds. The molecule has 0 radical (unpaired) electrons. The summed E-state index contributed by atoms with van der Waals surface area (Å²) in [6.07, 6.45) is 4.28. The van der Waals surface area contributed by atoms with Crippen LogP contribution in [0.5, 0.6) is 0 Å². The zero-order chi connectivity index (χ0) is 75.3. The van der Waals surface area contributed by atoms with Gasteiger partial charge >= 0.3 is 0 Å². The predicted octanol–water partition coefficient (Wildman–Crippen LogP) is 2.92. The SMILES string of the molecule is C/C=C/C[C@@H](C)C[C@H]1C(=O)N[C@@H](CC)C(=O)N(C)[C@H](CS(=O)(=O)CCCN2CCOCC2)C(=O)N(C)[C@@H](CC(C)(C)O)C(=O)N[C@H](C(C)C)C(=O)N(C)[C@H](CC(C)C)C(=O)N[C@H](C)C(=O)N[C@@H](C)C(=O)N(C)[C@@H](CC(C)C)C(=O)N(C)[C@@H](CC(C)C)C(=O)N(C)[C@@H](C(C)C)C(=O)N1C. The van der Waals surface area contributed by atoms with Crippen molar-refractivity contribution in [1.29, 1.82) is 0 Å². The Morgan fingerprint density at radius 2 is 0.949 bits per heavy atom. The van der Waals surface area contributed by atoms with E-state index in [4.69, 9.17) is 4.74 Å². The van der Waals surface area contributed by atoms with Crippen LogP contribution in [0.15, 0.2) is 12.2 Å². The number of allylic oxidation sites excluding steroid dienone is 2. The number of likely N-dealkylation sites (N-methyl/N-ethyl adjacent to an activating group) is 7. The standard InChI is InChI=1S/C70H126N12O15S/c1-25-27-29-47(13)39-52-61(85)73-50(26-2)64(88)80(23)56(41-98(95,96)35-28-30-82-31-33-97-34-32-82)67(91)79(22)55(40-70(16,17)94)62(86)74-57(45(9)10)68(92)75(18)51(36-42(3)4)60(84)71-48(14)59(83)72-49(15)63(87)77(20)53(37-43(5)6)65(89)78(21)54(38-44(7)8)66(90)81(24)58(46(11)12)69(93)76(52)19/h25,27,42-58,94H,26,28-41H2,1-24H3,(H,71,84)(H,72,83)(H,73,85)(H,74,86)/b27-25+/t47-,48-,49+,50+,51-,52+,53+,54+,55+,56-,57-,58+/m1/s1. The number of carbonyl (C=O) groups is 11. The Hall–Kier alpha value is -6.26. The molecule has 2 aliphatic rings. The third-order valence-electron chi connectivity index (χ3n) is 18.7. The lowest BCUT2D eigenvalue weighted by Crippen LogP contribution is -2.63. The average Bonchev–Trinajstić information content (AvgIpc) is 0.808. The van der Waals surface area contributed by atoms with Crippen LogP contribution in [0.2, 0.25) is 0 Å². The second-order valence-corrected chi connectivity index (χ2v) is 32.3. The first kappa shape index (κ1) is 87.8. The summed E-state index contributed by atoms with van der Waals surface area (Å²) in [5.74, 6) is -11.8. The van der Waals surface area contributed by atoms with Crippen molar-refractivity contribution in [3.8, 4) is 0 Å². The Kier molecular flexibility index (Phi) is 35.5.